The molecule has 0 radical (unpaired) electrons. The first-order valence-corrected chi connectivity index (χ1v) is 10.0. The Balaban J connectivity index is 1.63. The van der Waals surface area contributed by atoms with Gasteiger partial charge in [0, 0.05) is 24.4 Å². The Kier molecular flexibility index (Phi) is 5.29. The Labute approximate surface area is 158 Å². The van der Waals surface area contributed by atoms with Gasteiger partial charge in [0.25, 0.3) is 0 Å². The lowest BCUT2D eigenvalue weighted by molar-refractivity contribution is 0.0551. The van der Waals surface area contributed by atoms with Crippen LogP contribution >= 0.6 is 11.6 Å². The number of sulfone groups is 1. The van der Waals surface area contributed by atoms with Crippen LogP contribution in [-0.2, 0) is 34.4 Å². The van der Waals surface area contributed by atoms with Gasteiger partial charge in [0.2, 0.25) is 5.82 Å². The molecule has 0 N–H and O–H groups in total. The van der Waals surface area contributed by atoms with Crippen molar-refractivity contribution >= 4 is 21.4 Å². The molecule has 0 unspecified atom stereocenters. The lowest BCUT2D eigenvalue weighted by atomic mass is 10.1. The fraction of sp³-hybridized carbons (Fsp3) is 0.312. The minimum atomic E-state index is -3.73. The SMILES string of the molecule is Cn1cc(CS(=O)(=O)CCc2ccc(-c3noc(C(F)(F)Cl)n3)cc2)cn1. The number of nitrogens with zero attached hydrogens (tertiary/aromatic N) is 4. The highest BCUT2D eigenvalue weighted by atomic mass is 35.5. The summed E-state index contributed by atoms with van der Waals surface area (Å²) in [5, 5.41) is 3.69. The van der Waals surface area contributed by atoms with Crippen LogP contribution in [0.5, 0.6) is 0 Å². The van der Waals surface area contributed by atoms with Crippen molar-refractivity contribution in [2.24, 2.45) is 7.05 Å². The number of hydrogen-bond acceptors (Lipinski definition) is 6. The lowest BCUT2D eigenvalue weighted by Crippen LogP contribution is -2.11. The van der Waals surface area contributed by atoms with E-state index in [0.717, 1.165) is 5.56 Å². The molecule has 2 aromatic heterocycles. The smallest absolute Gasteiger partial charge is 0.331 e. The number of rotatable bonds is 7. The van der Waals surface area contributed by atoms with Gasteiger partial charge in [0.05, 0.1) is 17.7 Å². The van der Waals surface area contributed by atoms with Crippen LogP contribution in [0, 0.1) is 0 Å². The van der Waals surface area contributed by atoms with Crippen LogP contribution in [0.2, 0.25) is 0 Å². The van der Waals surface area contributed by atoms with Crippen molar-refractivity contribution in [3.63, 3.8) is 0 Å². The predicted molar refractivity (Wildman–Crippen MR) is 93.9 cm³/mol. The van der Waals surface area contributed by atoms with Crippen LogP contribution in [0.3, 0.4) is 0 Å². The molecule has 0 bridgehead atoms. The van der Waals surface area contributed by atoms with Crippen molar-refractivity contribution in [2.45, 2.75) is 17.6 Å². The van der Waals surface area contributed by atoms with Crippen molar-refractivity contribution in [3.8, 4) is 11.4 Å². The summed E-state index contributed by atoms with van der Waals surface area (Å²) in [5.74, 6) is -1.10. The van der Waals surface area contributed by atoms with Gasteiger partial charge in [-0.05, 0) is 23.6 Å². The number of halogens is 3. The summed E-state index contributed by atoms with van der Waals surface area (Å²) in [4.78, 5) is 3.55. The molecule has 3 rings (SSSR count). The van der Waals surface area contributed by atoms with E-state index in [2.05, 4.69) is 19.8 Å². The maximum atomic E-state index is 12.9. The molecule has 3 aromatic rings. The average molecular weight is 417 g/mol. The first-order valence-electron chi connectivity index (χ1n) is 7.80. The molecule has 144 valence electrons. The lowest BCUT2D eigenvalue weighted by Gasteiger charge is -2.04. The van der Waals surface area contributed by atoms with Gasteiger partial charge in [0.1, 0.15) is 0 Å². The molecule has 0 amide bonds. The summed E-state index contributed by atoms with van der Waals surface area (Å²) in [5.41, 5.74) is 1.87. The second-order valence-corrected chi connectivity index (χ2v) is 8.64. The summed E-state index contributed by atoms with van der Waals surface area (Å²) < 4.78 is 56.3. The van der Waals surface area contributed by atoms with Crippen LogP contribution in [0.25, 0.3) is 11.4 Å². The van der Waals surface area contributed by atoms with Crippen LogP contribution < -0.4 is 0 Å². The summed E-state index contributed by atoms with van der Waals surface area (Å²) in [6, 6.07) is 6.57. The Morgan fingerprint density at radius 2 is 1.93 bits per heavy atom. The van der Waals surface area contributed by atoms with E-state index in [-0.39, 0.29) is 17.3 Å². The standard InChI is InChI=1S/C16H15ClF2N4O3S/c1-23-9-12(8-20-23)10-27(24,25)7-6-11-2-4-13(5-3-11)14-21-15(26-22-14)16(17,18)19/h2-5,8-9H,6-7,10H2,1H3. The molecular formula is C16H15ClF2N4O3S. The normalized spacial score (nSPS) is 12.4. The van der Waals surface area contributed by atoms with Gasteiger partial charge in [-0.1, -0.05) is 29.4 Å². The van der Waals surface area contributed by atoms with Crippen molar-refractivity contribution in [1.29, 1.82) is 0 Å². The van der Waals surface area contributed by atoms with E-state index in [1.54, 1.807) is 42.2 Å². The van der Waals surface area contributed by atoms with Crippen molar-refractivity contribution < 1.29 is 21.7 Å². The van der Waals surface area contributed by atoms with Crippen molar-refractivity contribution in [3.05, 3.63) is 53.7 Å². The van der Waals surface area contributed by atoms with Gasteiger partial charge in [-0.2, -0.15) is 18.9 Å². The molecule has 0 saturated heterocycles. The zero-order valence-corrected chi connectivity index (χ0v) is 15.7. The molecule has 0 aliphatic carbocycles. The van der Waals surface area contributed by atoms with Crippen LogP contribution in [0.4, 0.5) is 8.78 Å². The molecule has 0 fully saturated rings. The molecule has 11 heteroatoms. The van der Waals surface area contributed by atoms with Crippen molar-refractivity contribution in [2.75, 3.05) is 5.75 Å². The summed E-state index contributed by atoms with van der Waals surface area (Å²) >= 11 is 4.84. The van der Waals surface area contributed by atoms with Gasteiger partial charge in [-0.25, -0.2) is 8.42 Å². The Morgan fingerprint density at radius 1 is 1.22 bits per heavy atom. The van der Waals surface area contributed by atoms with Gasteiger partial charge in [0.15, 0.2) is 9.84 Å². The molecule has 27 heavy (non-hydrogen) atoms. The monoisotopic (exact) mass is 416 g/mol. The van der Waals surface area contributed by atoms with Crippen LogP contribution in [0.1, 0.15) is 17.0 Å². The largest absolute Gasteiger partial charge is 0.400 e. The zero-order chi connectivity index (χ0) is 19.7. The first kappa shape index (κ1) is 19.4. The van der Waals surface area contributed by atoms with Crippen LogP contribution in [0.15, 0.2) is 41.2 Å². The Hall–Kier alpha value is -2.33. The topological polar surface area (TPSA) is 90.9 Å². The summed E-state index contributed by atoms with van der Waals surface area (Å²) in [6.45, 7) is 0. The van der Waals surface area contributed by atoms with Gasteiger partial charge >= 0.3 is 11.3 Å². The maximum Gasteiger partial charge on any atom is 0.400 e. The number of aryl methyl sites for hydroxylation is 2. The van der Waals surface area contributed by atoms with E-state index in [0.29, 0.717) is 17.5 Å². The average Bonchev–Trinajstić information content (AvgIpc) is 3.22. The molecule has 2 heterocycles. The van der Waals surface area contributed by atoms with Gasteiger partial charge in [-0.15, -0.1) is 0 Å². The van der Waals surface area contributed by atoms with E-state index >= 15 is 0 Å². The Morgan fingerprint density at radius 3 is 2.48 bits per heavy atom. The molecular weight excluding hydrogens is 402 g/mol. The fourth-order valence-corrected chi connectivity index (χ4v) is 3.85. The highest BCUT2D eigenvalue weighted by Gasteiger charge is 2.35. The summed E-state index contributed by atoms with van der Waals surface area (Å²) in [6.07, 6.45) is 3.51. The molecule has 0 atom stereocenters. The fourth-order valence-electron chi connectivity index (χ4n) is 2.42. The first-order chi connectivity index (χ1) is 12.6. The van der Waals surface area contributed by atoms with Crippen LogP contribution in [-0.4, -0.2) is 34.1 Å². The third-order valence-corrected chi connectivity index (χ3v) is 5.49. The maximum absolute atomic E-state index is 12.9. The molecule has 7 nitrogen and oxygen atoms in total. The molecule has 1 aromatic carbocycles. The number of hydrogen-bond donors (Lipinski definition) is 0. The van der Waals surface area contributed by atoms with E-state index in [1.807, 2.05) is 0 Å². The quantitative estimate of drug-likeness (QED) is 0.550. The van der Waals surface area contributed by atoms with Gasteiger partial charge < -0.3 is 4.52 Å². The third-order valence-electron chi connectivity index (χ3n) is 3.73. The second kappa shape index (κ2) is 7.35. The third kappa shape index (κ3) is 5.10. The van der Waals surface area contributed by atoms with E-state index in [4.69, 9.17) is 11.6 Å². The van der Waals surface area contributed by atoms with Gasteiger partial charge in [-0.3, -0.25) is 4.68 Å². The van der Waals surface area contributed by atoms with E-state index in [9.17, 15) is 17.2 Å². The minimum absolute atomic E-state index is 0.0218. The molecule has 0 saturated carbocycles. The van der Waals surface area contributed by atoms with E-state index in [1.165, 1.54) is 6.20 Å². The Bertz CT molecular complexity index is 1030. The van der Waals surface area contributed by atoms with E-state index < -0.39 is 21.1 Å². The highest BCUT2D eigenvalue weighted by Crippen LogP contribution is 2.32. The number of alkyl halides is 3. The minimum Gasteiger partial charge on any atom is -0.331 e. The molecule has 0 aliphatic rings. The highest BCUT2D eigenvalue weighted by molar-refractivity contribution is 7.90. The zero-order valence-electron chi connectivity index (χ0n) is 14.1. The summed E-state index contributed by atoms with van der Waals surface area (Å²) in [7, 11) is -1.56. The predicted octanol–water partition coefficient (Wildman–Crippen LogP) is 2.92. The number of aromatic nitrogens is 4. The molecule has 0 aliphatic heterocycles. The van der Waals surface area contributed by atoms with Crippen molar-refractivity contribution in [1.82, 2.24) is 19.9 Å². The number of benzene rings is 1. The second-order valence-electron chi connectivity index (χ2n) is 5.98. The molecule has 0 spiro atoms.